The van der Waals surface area contributed by atoms with Gasteiger partial charge in [0.2, 0.25) is 0 Å². The second kappa shape index (κ2) is 6.40. The largest absolute Gasteiger partial charge is 0.496 e. The lowest BCUT2D eigenvalue weighted by Crippen LogP contribution is -2.35. The van der Waals surface area contributed by atoms with Crippen molar-refractivity contribution < 1.29 is 14.7 Å². The van der Waals surface area contributed by atoms with Crippen LogP contribution in [-0.2, 0) is 11.3 Å². The predicted octanol–water partition coefficient (Wildman–Crippen LogP) is 0.622. The molecule has 1 aromatic rings. The van der Waals surface area contributed by atoms with Crippen LogP contribution in [0.2, 0.25) is 0 Å². The van der Waals surface area contributed by atoms with Crippen LogP contribution in [0, 0.1) is 0 Å². The van der Waals surface area contributed by atoms with Gasteiger partial charge in [-0.05, 0) is 17.7 Å². The van der Waals surface area contributed by atoms with E-state index >= 15 is 0 Å². The Labute approximate surface area is 112 Å². The van der Waals surface area contributed by atoms with E-state index < -0.39 is 0 Å². The number of oxime groups is 1. The van der Waals surface area contributed by atoms with Crippen LogP contribution in [0.15, 0.2) is 23.4 Å². The molecule has 1 aliphatic heterocycles. The third-order valence-corrected chi connectivity index (χ3v) is 3.16. The van der Waals surface area contributed by atoms with Crippen molar-refractivity contribution in [1.82, 2.24) is 4.90 Å². The van der Waals surface area contributed by atoms with Crippen LogP contribution in [0.25, 0.3) is 0 Å². The number of amidine groups is 1. The van der Waals surface area contributed by atoms with Crippen molar-refractivity contribution in [3.8, 4) is 5.75 Å². The van der Waals surface area contributed by atoms with Gasteiger partial charge in [-0.3, -0.25) is 4.90 Å². The maximum atomic E-state index is 8.72. The summed E-state index contributed by atoms with van der Waals surface area (Å²) < 4.78 is 10.6. The first kappa shape index (κ1) is 13.6. The Kier molecular flexibility index (Phi) is 4.59. The standard InChI is InChI=1S/C13H19N3O3/c1-18-12-8-10(2-3-11(12)13(14)15-17)9-16-4-6-19-7-5-16/h2-3,8,17H,4-7,9H2,1H3,(H2,14,15). The van der Waals surface area contributed by atoms with Gasteiger partial charge in [-0.1, -0.05) is 11.2 Å². The molecule has 104 valence electrons. The molecule has 0 atom stereocenters. The molecule has 0 aromatic heterocycles. The molecule has 1 aliphatic rings. The molecule has 0 aliphatic carbocycles. The van der Waals surface area contributed by atoms with Crippen LogP contribution in [0.3, 0.4) is 0 Å². The predicted molar refractivity (Wildman–Crippen MR) is 71.6 cm³/mol. The second-order valence-electron chi connectivity index (χ2n) is 4.41. The van der Waals surface area contributed by atoms with Gasteiger partial charge < -0.3 is 20.4 Å². The topological polar surface area (TPSA) is 80.3 Å². The van der Waals surface area contributed by atoms with Gasteiger partial charge in [0.15, 0.2) is 5.84 Å². The van der Waals surface area contributed by atoms with Crippen LogP contribution in [0.1, 0.15) is 11.1 Å². The van der Waals surface area contributed by atoms with E-state index in [1.54, 1.807) is 7.11 Å². The Bertz CT molecular complexity index is 456. The van der Waals surface area contributed by atoms with Gasteiger partial charge in [0.05, 0.1) is 25.9 Å². The van der Waals surface area contributed by atoms with Gasteiger partial charge in [-0.25, -0.2) is 0 Å². The summed E-state index contributed by atoms with van der Waals surface area (Å²) in [5.41, 5.74) is 7.32. The second-order valence-corrected chi connectivity index (χ2v) is 4.41. The first-order valence-electron chi connectivity index (χ1n) is 6.19. The normalized spacial score (nSPS) is 17.4. The van der Waals surface area contributed by atoms with Crippen molar-refractivity contribution in [3.05, 3.63) is 29.3 Å². The van der Waals surface area contributed by atoms with Gasteiger partial charge in [-0.2, -0.15) is 0 Å². The fourth-order valence-corrected chi connectivity index (χ4v) is 2.12. The highest BCUT2D eigenvalue weighted by Crippen LogP contribution is 2.21. The van der Waals surface area contributed by atoms with Crippen LogP contribution in [0.5, 0.6) is 5.75 Å². The molecule has 6 nitrogen and oxygen atoms in total. The Morgan fingerprint density at radius 1 is 1.47 bits per heavy atom. The highest BCUT2D eigenvalue weighted by Gasteiger charge is 2.13. The first-order valence-corrected chi connectivity index (χ1v) is 6.19. The van der Waals surface area contributed by atoms with Gasteiger partial charge in [-0.15, -0.1) is 0 Å². The molecule has 0 unspecified atom stereocenters. The molecule has 1 heterocycles. The third kappa shape index (κ3) is 3.36. The van der Waals surface area contributed by atoms with Crippen molar-refractivity contribution >= 4 is 5.84 Å². The number of hydrogen-bond acceptors (Lipinski definition) is 5. The van der Waals surface area contributed by atoms with E-state index in [1.165, 1.54) is 0 Å². The fraction of sp³-hybridized carbons (Fsp3) is 0.462. The number of nitrogens with zero attached hydrogens (tertiary/aromatic N) is 2. The van der Waals surface area contributed by atoms with Gasteiger partial charge in [0.1, 0.15) is 5.75 Å². The Morgan fingerprint density at radius 2 is 2.21 bits per heavy atom. The van der Waals surface area contributed by atoms with E-state index in [0.717, 1.165) is 38.4 Å². The average molecular weight is 265 g/mol. The molecule has 2 rings (SSSR count). The molecule has 1 fully saturated rings. The molecule has 0 spiro atoms. The molecule has 0 saturated carbocycles. The zero-order chi connectivity index (χ0) is 13.7. The molecule has 19 heavy (non-hydrogen) atoms. The number of hydrogen-bond donors (Lipinski definition) is 2. The summed E-state index contributed by atoms with van der Waals surface area (Å²) in [6, 6.07) is 5.69. The van der Waals surface area contributed by atoms with E-state index in [1.807, 2.05) is 18.2 Å². The number of rotatable bonds is 4. The number of methoxy groups -OCH3 is 1. The van der Waals surface area contributed by atoms with Crippen LogP contribution in [-0.4, -0.2) is 49.4 Å². The zero-order valence-corrected chi connectivity index (χ0v) is 11.0. The lowest BCUT2D eigenvalue weighted by molar-refractivity contribution is 0.0341. The number of benzene rings is 1. The van der Waals surface area contributed by atoms with Crippen molar-refractivity contribution in [1.29, 1.82) is 0 Å². The lowest BCUT2D eigenvalue weighted by Gasteiger charge is -2.26. The minimum absolute atomic E-state index is 0.0507. The molecule has 3 N–H and O–H groups in total. The molecule has 0 radical (unpaired) electrons. The minimum Gasteiger partial charge on any atom is -0.496 e. The molecule has 0 bridgehead atoms. The summed E-state index contributed by atoms with van der Waals surface area (Å²) in [4.78, 5) is 2.32. The average Bonchev–Trinajstić information content (AvgIpc) is 2.47. The van der Waals surface area contributed by atoms with Gasteiger partial charge in [0, 0.05) is 19.6 Å². The van der Waals surface area contributed by atoms with E-state index in [-0.39, 0.29) is 5.84 Å². The Balaban J connectivity index is 2.14. The maximum absolute atomic E-state index is 8.72. The molecule has 1 aromatic carbocycles. The van der Waals surface area contributed by atoms with Crippen molar-refractivity contribution in [2.75, 3.05) is 33.4 Å². The maximum Gasteiger partial charge on any atom is 0.173 e. The quantitative estimate of drug-likeness (QED) is 0.361. The number of nitrogens with two attached hydrogens (primary N) is 1. The summed E-state index contributed by atoms with van der Waals surface area (Å²) in [6.07, 6.45) is 0. The minimum atomic E-state index is 0.0507. The third-order valence-electron chi connectivity index (χ3n) is 3.16. The lowest BCUT2D eigenvalue weighted by atomic mass is 10.1. The van der Waals surface area contributed by atoms with Crippen LogP contribution < -0.4 is 10.5 Å². The van der Waals surface area contributed by atoms with Gasteiger partial charge in [0.25, 0.3) is 0 Å². The van der Waals surface area contributed by atoms with E-state index in [0.29, 0.717) is 11.3 Å². The van der Waals surface area contributed by atoms with Crippen molar-refractivity contribution in [3.63, 3.8) is 0 Å². The zero-order valence-electron chi connectivity index (χ0n) is 11.0. The smallest absolute Gasteiger partial charge is 0.173 e. The Morgan fingerprint density at radius 3 is 2.84 bits per heavy atom. The summed E-state index contributed by atoms with van der Waals surface area (Å²) in [5, 5.41) is 11.7. The van der Waals surface area contributed by atoms with E-state index in [4.69, 9.17) is 20.4 Å². The van der Waals surface area contributed by atoms with E-state index in [2.05, 4.69) is 10.1 Å². The molecule has 1 saturated heterocycles. The van der Waals surface area contributed by atoms with E-state index in [9.17, 15) is 0 Å². The SMILES string of the molecule is COc1cc(CN2CCOCC2)ccc1/C(N)=N/O. The summed E-state index contributed by atoms with van der Waals surface area (Å²) in [7, 11) is 1.57. The van der Waals surface area contributed by atoms with Crippen LogP contribution >= 0.6 is 0 Å². The molecular formula is C13H19N3O3. The van der Waals surface area contributed by atoms with Crippen molar-refractivity contribution in [2.24, 2.45) is 10.9 Å². The summed E-state index contributed by atoms with van der Waals surface area (Å²) >= 11 is 0. The van der Waals surface area contributed by atoms with Crippen molar-refractivity contribution in [2.45, 2.75) is 6.54 Å². The number of morpholine rings is 1. The molecule has 6 heteroatoms. The summed E-state index contributed by atoms with van der Waals surface area (Å²) in [6.45, 7) is 4.27. The highest BCUT2D eigenvalue weighted by atomic mass is 16.5. The fourth-order valence-electron chi connectivity index (χ4n) is 2.12. The monoisotopic (exact) mass is 265 g/mol. The summed E-state index contributed by atoms with van der Waals surface area (Å²) in [5.74, 6) is 0.663. The van der Waals surface area contributed by atoms with Gasteiger partial charge >= 0.3 is 0 Å². The van der Waals surface area contributed by atoms with Crippen LogP contribution in [0.4, 0.5) is 0 Å². The number of ether oxygens (including phenoxy) is 2. The molecule has 0 amide bonds. The first-order chi connectivity index (χ1) is 9.24. The Hall–Kier alpha value is -1.79. The molecular weight excluding hydrogens is 246 g/mol. The highest BCUT2D eigenvalue weighted by molar-refractivity contribution is 5.99.